The molecule has 0 aliphatic carbocycles. The van der Waals surface area contributed by atoms with E-state index in [1.165, 1.54) is 23.1 Å². The van der Waals surface area contributed by atoms with Crippen LogP contribution in [0.1, 0.15) is 56.0 Å². The number of fused-ring (bicyclic) bond motifs is 1. The first kappa shape index (κ1) is 26.1. The number of anilines is 2. The van der Waals surface area contributed by atoms with Gasteiger partial charge in [0.25, 0.3) is 6.43 Å². The maximum absolute atomic E-state index is 13.4. The van der Waals surface area contributed by atoms with Gasteiger partial charge in [-0.05, 0) is 74.5 Å². The number of ketones is 1. The highest BCUT2D eigenvalue weighted by molar-refractivity contribution is 6.13. The number of nitrogens with zero attached hydrogens (tertiary/aromatic N) is 2. The van der Waals surface area contributed by atoms with Crippen molar-refractivity contribution in [2.24, 2.45) is 5.41 Å². The molecule has 9 heteroatoms. The van der Waals surface area contributed by atoms with Gasteiger partial charge in [-0.1, -0.05) is 13.0 Å². The third-order valence-corrected chi connectivity index (χ3v) is 7.12. The van der Waals surface area contributed by atoms with Crippen LogP contribution in [0.5, 0.6) is 5.75 Å². The third kappa shape index (κ3) is 5.26. The van der Waals surface area contributed by atoms with E-state index in [4.69, 9.17) is 0 Å². The Bertz CT molecular complexity index is 1150. The molecule has 2 heterocycles. The fourth-order valence-electron chi connectivity index (χ4n) is 5.38. The summed E-state index contributed by atoms with van der Waals surface area (Å²) >= 11 is 0. The molecule has 2 aromatic carbocycles. The summed E-state index contributed by atoms with van der Waals surface area (Å²) in [6.45, 7) is 3.23. The number of benzene rings is 2. The lowest BCUT2D eigenvalue weighted by molar-refractivity contribution is -0.121. The summed E-state index contributed by atoms with van der Waals surface area (Å²) in [6, 6.07) is 11.0. The lowest BCUT2D eigenvalue weighted by Crippen LogP contribution is -2.44. The minimum absolute atomic E-state index is 0.0602. The Kier molecular flexibility index (Phi) is 7.14. The average Bonchev–Trinajstić information content (AvgIpc) is 2.98. The molecule has 0 radical (unpaired) electrons. The van der Waals surface area contributed by atoms with Gasteiger partial charge in [-0.25, -0.2) is 8.78 Å². The van der Waals surface area contributed by atoms with E-state index in [0.717, 1.165) is 12.8 Å². The van der Waals surface area contributed by atoms with E-state index in [1.54, 1.807) is 43.0 Å². The van der Waals surface area contributed by atoms with Gasteiger partial charge in [0.2, 0.25) is 5.91 Å². The molecule has 194 valence electrons. The highest BCUT2D eigenvalue weighted by Crippen LogP contribution is 2.46. The van der Waals surface area contributed by atoms with Gasteiger partial charge in [-0.3, -0.25) is 19.4 Å². The number of rotatable bonds is 8. The Balaban J connectivity index is 1.59. The Morgan fingerprint density at radius 2 is 1.83 bits per heavy atom. The van der Waals surface area contributed by atoms with Gasteiger partial charge in [0.15, 0.2) is 5.78 Å². The van der Waals surface area contributed by atoms with Crippen molar-refractivity contribution in [3.8, 4) is 5.75 Å². The summed E-state index contributed by atoms with van der Waals surface area (Å²) in [6.07, 6.45) is -0.662. The second-order valence-electron chi connectivity index (χ2n) is 10.5. The topological polar surface area (TPSA) is 49.9 Å². The fraction of sp³-hybridized carbons (Fsp3) is 0.481. The summed E-state index contributed by atoms with van der Waals surface area (Å²) in [5.41, 5.74) is 0.713. The van der Waals surface area contributed by atoms with E-state index in [1.807, 2.05) is 6.92 Å². The maximum atomic E-state index is 13.4. The number of amides is 1. The zero-order valence-corrected chi connectivity index (χ0v) is 20.6. The van der Waals surface area contributed by atoms with Crippen LogP contribution in [0.3, 0.4) is 0 Å². The van der Waals surface area contributed by atoms with Crippen LogP contribution in [0.4, 0.5) is 28.9 Å². The third-order valence-electron chi connectivity index (χ3n) is 7.12. The quantitative estimate of drug-likeness (QED) is 0.317. The van der Waals surface area contributed by atoms with E-state index < -0.39 is 23.9 Å². The Hall–Kier alpha value is -2.94. The lowest BCUT2D eigenvalue weighted by atomic mass is 9.76. The summed E-state index contributed by atoms with van der Waals surface area (Å²) in [5.74, 6) is -0.415. The van der Waals surface area contributed by atoms with E-state index in [9.17, 15) is 27.2 Å². The lowest BCUT2D eigenvalue weighted by Gasteiger charge is -2.40. The number of likely N-dealkylation sites (tertiary alicyclic amines) is 1. The molecule has 1 amide bonds. The molecule has 36 heavy (non-hydrogen) atoms. The number of piperidine rings is 1. The molecule has 2 aliphatic rings. The van der Waals surface area contributed by atoms with Gasteiger partial charge in [-0.2, -0.15) is 8.78 Å². The predicted molar refractivity (Wildman–Crippen MR) is 128 cm³/mol. The van der Waals surface area contributed by atoms with Crippen LogP contribution in [-0.2, 0) is 10.2 Å². The van der Waals surface area contributed by atoms with Crippen LogP contribution in [-0.4, -0.2) is 49.3 Å². The maximum Gasteiger partial charge on any atom is 0.387 e. The summed E-state index contributed by atoms with van der Waals surface area (Å²) in [4.78, 5) is 29.8. The molecule has 0 spiro atoms. The highest BCUT2D eigenvalue weighted by Gasteiger charge is 2.45. The first-order valence-electron chi connectivity index (χ1n) is 12.0. The monoisotopic (exact) mass is 506 g/mol. The van der Waals surface area contributed by atoms with Gasteiger partial charge in [0.05, 0.1) is 23.3 Å². The van der Waals surface area contributed by atoms with Crippen LogP contribution in [0, 0.1) is 5.41 Å². The Morgan fingerprint density at radius 1 is 1.08 bits per heavy atom. The number of alkyl halides is 4. The van der Waals surface area contributed by atoms with Crippen molar-refractivity contribution in [3.63, 3.8) is 0 Å². The number of hydrogen-bond acceptors (Lipinski definition) is 4. The Morgan fingerprint density at radius 3 is 2.53 bits per heavy atom. The van der Waals surface area contributed by atoms with Gasteiger partial charge < -0.3 is 4.74 Å². The van der Waals surface area contributed by atoms with E-state index >= 15 is 0 Å². The normalized spacial score (nSPS) is 21.8. The molecule has 0 bridgehead atoms. The zero-order chi connectivity index (χ0) is 26.3. The Labute approximate surface area is 208 Å². The van der Waals surface area contributed by atoms with Crippen molar-refractivity contribution in [1.82, 2.24) is 4.90 Å². The van der Waals surface area contributed by atoms with E-state index in [0.29, 0.717) is 35.6 Å². The molecule has 0 saturated carbocycles. The largest absolute Gasteiger partial charge is 0.435 e. The summed E-state index contributed by atoms with van der Waals surface area (Å²) < 4.78 is 55.6. The van der Waals surface area contributed by atoms with Crippen LogP contribution < -0.4 is 9.64 Å². The molecule has 0 aromatic heterocycles. The summed E-state index contributed by atoms with van der Waals surface area (Å²) in [5, 5.41) is 0. The van der Waals surface area contributed by atoms with Gasteiger partial charge >= 0.3 is 6.61 Å². The molecule has 1 saturated heterocycles. The molecular formula is C27H30F4N2O3. The molecule has 2 aromatic rings. The highest BCUT2D eigenvalue weighted by atomic mass is 19.3. The molecule has 4 rings (SSSR count). The van der Waals surface area contributed by atoms with Crippen LogP contribution >= 0.6 is 0 Å². The molecule has 1 atom stereocenters. The number of carbonyl (C=O) groups is 2. The number of ether oxygens (including phenoxy) is 1. The minimum atomic E-state index is -2.99. The molecule has 5 nitrogen and oxygen atoms in total. The molecule has 0 unspecified atom stereocenters. The molecule has 2 aliphatic heterocycles. The first-order valence-corrected chi connectivity index (χ1v) is 12.0. The van der Waals surface area contributed by atoms with Crippen molar-refractivity contribution >= 4 is 23.1 Å². The smallest absolute Gasteiger partial charge is 0.387 e. The standard InChI is InChI=1S/C27H30F4N2O3/c1-26(2)20-12-17(22(34)14-27(3)10-5-11-32(16-27)15-23(28)29)8-9-21(20)33(24(26)35)18-6-4-7-19(13-18)36-25(30)31/h4,6-9,12-13,23,25H,5,10-11,14-16H2,1-3H3/t27-/m0/s1. The first-order chi connectivity index (χ1) is 16.9. The number of Topliss-reactive ketones (excluding diaryl/α,β-unsaturated/α-hetero) is 1. The second-order valence-corrected chi connectivity index (χ2v) is 10.5. The van der Waals surface area contributed by atoms with Crippen molar-refractivity contribution in [1.29, 1.82) is 0 Å². The van der Waals surface area contributed by atoms with Crippen molar-refractivity contribution in [3.05, 3.63) is 53.6 Å². The second kappa shape index (κ2) is 9.84. The SMILES string of the molecule is CC1(C)C(=O)N(c2cccc(OC(F)F)c2)c2ccc(C(=O)C[C@]3(C)CCCN(CC(F)F)C3)cc21. The van der Waals surface area contributed by atoms with Crippen LogP contribution in [0.25, 0.3) is 0 Å². The average molecular weight is 507 g/mol. The van der Waals surface area contributed by atoms with Gasteiger partial charge in [0.1, 0.15) is 5.75 Å². The van der Waals surface area contributed by atoms with Crippen molar-refractivity contribution < 1.29 is 31.9 Å². The van der Waals surface area contributed by atoms with Crippen LogP contribution in [0.2, 0.25) is 0 Å². The number of hydrogen-bond donors (Lipinski definition) is 0. The van der Waals surface area contributed by atoms with Crippen LogP contribution in [0.15, 0.2) is 42.5 Å². The molecule has 0 N–H and O–H groups in total. The van der Waals surface area contributed by atoms with Gasteiger partial charge in [0, 0.05) is 24.6 Å². The predicted octanol–water partition coefficient (Wildman–Crippen LogP) is 6.18. The van der Waals surface area contributed by atoms with Crippen molar-refractivity contribution in [2.75, 3.05) is 24.5 Å². The fourth-order valence-corrected chi connectivity index (χ4v) is 5.38. The zero-order valence-electron chi connectivity index (χ0n) is 20.6. The van der Waals surface area contributed by atoms with Gasteiger partial charge in [-0.15, -0.1) is 0 Å². The molecular weight excluding hydrogens is 476 g/mol. The van der Waals surface area contributed by atoms with E-state index in [2.05, 4.69) is 4.74 Å². The minimum Gasteiger partial charge on any atom is -0.435 e. The van der Waals surface area contributed by atoms with Crippen molar-refractivity contribution in [2.45, 2.75) is 58.5 Å². The number of halogens is 4. The molecule has 1 fully saturated rings. The van der Waals surface area contributed by atoms with E-state index in [-0.39, 0.29) is 30.4 Å². The summed E-state index contributed by atoms with van der Waals surface area (Å²) in [7, 11) is 0. The number of carbonyl (C=O) groups excluding carboxylic acids is 2.